The van der Waals surface area contributed by atoms with E-state index in [4.69, 9.17) is 14.4 Å². The van der Waals surface area contributed by atoms with E-state index in [1.807, 2.05) is 42.5 Å². The Morgan fingerprint density at radius 3 is 1.80 bits per heavy atom. The van der Waals surface area contributed by atoms with Crippen molar-refractivity contribution < 1.29 is 4.42 Å². The zero-order chi connectivity index (χ0) is 30.8. The molecule has 218 valence electrons. The van der Waals surface area contributed by atoms with E-state index in [1.165, 1.54) is 44.2 Å². The Hall–Kier alpha value is -5.80. The number of furan rings is 1. The summed E-state index contributed by atoms with van der Waals surface area (Å²) in [6, 6.07) is 51.1. The van der Waals surface area contributed by atoms with Gasteiger partial charge in [0.05, 0.1) is 11.4 Å². The summed E-state index contributed by atoms with van der Waals surface area (Å²) in [4.78, 5) is 9.97. The van der Waals surface area contributed by atoms with Crippen molar-refractivity contribution in [3.63, 3.8) is 0 Å². The SMILES string of the molecule is CC1(C)c2ccc(-c3ccc(-c4cc(-c5ccccc5)nc(-c5ccccc5)n4)cc3)cc2-c2c1ccc1oc3ccccc3c21. The molecule has 0 spiro atoms. The van der Waals surface area contributed by atoms with Crippen molar-refractivity contribution in [2.24, 2.45) is 0 Å². The van der Waals surface area contributed by atoms with E-state index in [0.29, 0.717) is 0 Å². The van der Waals surface area contributed by atoms with E-state index < -0.39 is 0 Å². The average molecular weight is 591 g/mol. The lowest BCUT2D eigenvalue weighted by Crippen LogP contribution is -2.14. The molecular formula is C43H30N2O. The van der Waals surface area contributed by atoms with Gasteiger partial charge in [0.2, 0.25) is 0 Å². The lowest BCUT2D eigenvalue weighted by atomic mass is 9.82. The molecule has 46 heavy (non-hydrogen) atoms. The van der Waals surface area contributed by atoms with Crippen LogP contribution in [0, 0.1) is 0 Å². The fraction of sp³-hybridized carbons (Fsp3) is 0.0698. The second-order valence-corrected chi connectivity index (χ2v) is 12.6. The van der Waals surface area contributed by atoms with E-state index in [1.54, 1.807) is 0 Å². The largest absolute Gasteiger partial charge is 0.456 e. The van der Waals surface area contributed by atoms with Crippen LogP contribution in [0.15, 0.2) is 150 Å². The van der Waals surface area contributed by atoms with Crippen LogP contribution in [0.4, 0.5) is 0 Å². The third-order valence-corrected chi connectivity index (χ3v) is 9.52. The Kier molecular flexibility index (Phi) is 5.85. The lowest BCUT2D eigenvalue weighted by molar-refractivity contribution is 0.656. The van der Waals surface area contributed by atoms with E-state index in [0.717, 1.165) is 45.1 Å². The van der Waals surface area contributed by atoms with Gasteiger partial charge in [0, 0.05) is 32.9 Å². The lowest BCUT2D eigenvalue weighted by Gasteiger charge is -2.21. The molecule has 1 aliphatic carbocycles. The van der Waals surface area contributed by atoms with Gasteiger partial charge >= 0.3 is 0 Å². The van der Waals surface area contributed by atoms with Gasteiger partial charge in [-0.3, -0.25) is 0 Å². The van der Waals surface area contributed by atoms with Crippen LogP contribution in [0.3, 0.4) is 0 Å². The van der Waals surface area contributed by atoms with Crippen LogP contribution in [-0.4, -0.2) is 9.97 Å². The van der Waals surface area contributed by atoms with Crippen molar-refractivity contribution >= 4 is 21.9 Å². The standard InChI is InChI=1S/C43H30N2O/c1-43(2)34-22-21-31(25-33(34)40-35(43)23-24-39-41(40)32-15-9-10-16-38(32)46-39)27-17-19-29(20-18-27)37-26-36(28-11-5-3-6-12-28)44-42(45-37)30-13-7-4-8-14-30/h3-26H,1-2H3. The molecule has 1 aliphatic rings. The molecule has 0 bridgehead atoms. The van der Waals surface area contributed by atoms with Crippen molar-refractivity contribution in [3.8, 4) is 56.2 Å². The fourth-order valence-electron chi connectivity index (χ4n) is 7.14. The Balaban J connectivity index is 1.15. The summed E-state index contributed by atoms with van der Waals surface area (Å²) < 4.78 is 6.29. The molecule has 2 aromatic heterocycles. The normalized spacial score (nSPS) is 13.2. The Morgan fingerprint density at radius 1 is 0.478 bits per heavy atom. The van der Waals surface area contributed by atoms with Gasteiger partial charge in [-0.2, -0.15) is 0 Å². The molecule has 3 heteroatoms. The first-order valence-corrected chi connectivity index (χ1v) is 15.7. The van der Waals surface area contributed by atoms with E-state index in [2.05, 4.69) is 117 Å². The van der Waals surface area contributed by atoms with Crippen molar-refractivity contribution in [2.45, 2.75) is 19.3 Å². The van der Waals surface area contributed by atoms with Gasteiger partial charge in [0.15, 0.2) is 5.82 Å². The molecule has 6 aromatic carbocycles. The number of benzene rings is 6. The van der Waals surface area contributed by atoms with Crippen LogP contribution < -0.4 is 0 Å². The summed E-state index contributed by atoms with van der Waals surface area (Å²) in [5.41, 5.74) is 14.3. The van der Waals surface area contributed by atoms with E-state index in [9.17, 15) is 0 Å². The molecule has 3 nitrogen and oxygen atoms in total. The Labute approximate surface area is 267 Å². The van der Waals surface area contributed by atoms with Gasteiger partial charge in [-0.15, -0.1) is 0 Å². The predicted molar refractivity (Wildman–Crippen MR) is 189 cm³/mol. The fourth-order valence-corrected chi connectivity index (χ4v) is 7.14. The van der Waals surface area contributed by atoms with Gasteiger partial charge < -0.3 is 4.42 Å². The summed E-state index contributed by atoms with van der Waals surface area (Å²) >= 11 is 0. The molecule has 0 fully saturated rings. The quantitative estimate of drug-likeness (QED) is 0.205. The first-order chi connectivity index (χ1) is 22.5. The topological polar surface area (TPSA) is 38.9 Å². The first kappa shape index (κ1) is 26.6. The zero-order valence-corrected chi connectivity index (χ0v) is 25.7. The van der Waals surface area contributed by atoms with Crippen LogP contribution in [-0.2, 0) is 5.41 Å². The van der Waals surface area contributed by atoms with E-state index in [-0.39, 0.29) is 5.41 Å². The molecule has 0 unspecified atom stereocenters. The minimum atomic E-state index is -0.0977. The molecule has 2 heterocycles. The molecule has 0 atom stereocenters. The summed E-state index contributed by atoms with van der Waals surface area (Å²) in [7, 11) is 0. The van der Waals surface area contributed by atoms with Crippen LogP contribution >= 0.6 is 0 Å². The highest BCUT2D eigenvalue weighted by Gasteiger charge is 2.37. The number of fused-ring (bicyclic) bond motifs is 7. The van der Waals surface area contributed by atoms with Crippen LogP contribution in [0.1, 0.15) is 25.0 Å². The maximum atomic E-state index is 6.29. The molecular weight excluding hydrogens is 560 g/mol. The first-order valence-electron chi connectivity index (χ1n) is 15.7. The molecule has 0 amide bonds. The highest BCUT2D eigenvalue weighted by atomic mass is 16.3. The highest BCUT2D eigenvalue weighted by Crippen LogP contribution is 2.53. The van der Waals surface area contributed by atoms with Crippen molar-refractivity contribution in [2.75, 3.05) is 0 Å². The van der Waals surface area contributed by atoms with Gasteiger partial charge in [-0.25, -0.2) is 9.97 Å². The second kappa shape index (κ2) is 10.1. The number of aromatic nitrogens is 2. The highest BCUT2D eigenvalue weighted by molar-refractivity contribution is 6.15. The number of para-hydroxylation sites is 1. The minimum Gasteiger partial charge on any atom is -0.456 e. The smallest absolute Gasteiger partial charge is 0.160 e. The number of nitrogens with zero attached hydrogens (tertiary/aromatic N) is 2. The number of hydrogen-bond acceptors (Lipinski definition) is 3. The maximum Gasteiger partial charge on any atom is 0.160 e. The molecule has 0 radical (unpaired) electrons. The minimum absolute atomic E-state index is 0.0977. The Morgan fingerprint density at radius 2 is 1.07 bits per heavy atom. The molecule has 0 saturated heterocycles. The monoisotopic (exact) mass is 590 g/mol. The second-order valence-electron chi connectivity index (χ2n) is 12.6. The summed E-state index contributed by atoms with van der Waals surface area (Å²) in [6.45, 7) is 4.66. The third kappa shape index (κ3) is 4.13. The van der Waals surface area contributed by atoms with Crippen molar-refractivity contribution in [1.82, 2.24) is 9.97 Å². The summed E-state index contributed by atoms with van der Waals surface area (Å²) in [6.07, 6.45) is 0. The van der Waals surface area contributed by atoms with E-state index >= 15 is 0 Å². The average Bonchev–Trinajstić information content (AvgIpc) is 3.60. The van der Waals surface area contributed by atoms with Gasteiger partial charge in [-0.05, 0) is 57.6 Å². The maximum absolute atomic E-state index is 6.29. The predicted octanol–water partition coefficient (Wildman–Crippen LogP) is 11.4. The van der Waals surface area contributed by atoms with Gasteiger partial charge in [-0.1, -0.05) is 135 Å². The molecule has 0 saturated carbocycles. The van der Waals surface area contributed by atoms with Gasteiger partial charge in [0.25, 0.3) is 0 Å². The summed E-state index contributed by atoms with van der Waals surface area (Å²) in [5, 5.41) is 2.38. The molecule has 9 rings (SSSR count). The molecule has 0 aliphatic heterocycles. The van der Waals surface area contributed by atoms with Crippen LogP contribution in [0.5, 0.6) is 0 Å². The van der Waals surface area contributed by atoms with Crippen molar-refractivity contribution in [1.29, 1.82) is 0 Å². The number of rotatable bonds is 4. The van der Waals surface area contributed by atoms with Crippen molar-refractivity contribution in [3.05, 3.63) is 157 Å². The molecule has 8 aromatic rings. The number of hydrogen-bond donors (Lipinski definition) is 0. The Bertz CT molecular complexity index is 2360. The summed E-state index contributed by atoms with van der Waals surface area (Å²) in [5.74, 6) is 0.721. The van der Waals surface area contributed by atoms with Crippen LogP contribution in [0.25, 0.3) is 78.1 Å². The zero-order valence-electron chi connectivity index (χ0n) is 25.7. The molecule has 0 N–H and O–H groups in total. The third-order valence-electron chi connectivity index (χ3n) is 9.52. The van der Waals surface area contributed by atoms with Crippen LogP contribution in [0.2, 0.25) is 0 Å². The van der Waals surface area contributed by atoms with Gasteiger partial charge in [0.1, 0.15) is 11.2 Å².